The molecule has 0 heterocycles. The second-order valence-corrected chi connectivity index (χ2v) is 17.0. The lowest BCUT2D eigenvalue weighted by Crippen LogP contribution is -2.34. The van der Waals surface area contributed by atoms with E-state index in [4.69, 9.17) is 23.7 Å². The summed E-state index contributed by atoms with van der Waals surface area (Å²) in [7, 11) is 0. The standard InChI is InChI=1S/C50H94O9/c1-5-9-13-17-21-23-27-30-34-38-48(52)57-44-46(59-50(54)40-36-32-28-24-22-18-14-10-6-2)42-55-41-45(58-49(53)39-35-31-26-20-16-12-8-4)43-56-47(51)37-33-29-25-19-15-11-7-3/h45-46H,5-44H2,1-4H3. The molecule has 0 aromatic rings. The summed E-state index contributed by atoms with van der Waals surface area (Å²) in [6, 6.07) is 0. The quantitative estimate of drug-likeness (QED) is 0.0336. The molecule has 0 saturated carbocycles. The van der Waals surface area contributed by atoms with Crippen LogP contribution in [-0.4, -0.2) is 62.5 Å². The van der Waals surface area contributed by atoms with Gasteiger partial charge in [-0.1, -0.05) is 207 Å². The molecule has 0 aliphatic heterocycles. The van der Waals surface area contributed by atoms with E-state index in [9.17, 15) is 19.2 Å². The van der Waals surface area contributed by atoms with Crippen molar-refractivity contribution in [1.82, 2.24) is 0 Å². The smallest absolute Gasteiger partial charge is 0.306 e. The predicted octanol–water partition coefficient (Wildman–Crippen LogP) is 14.0. The molecule has 0 rings (SSSR count). The highest BCUT2D eigenvalue weighted by atomic mass is 16.6. The Kier molecular flexibility index (Phi) is 43.7. The minimum Gasteiger partial charge on any atom is -0.462 e. The van der Waals surface area contributed by atoms with Crippen LogP contribution < -0.4 is 0 Å². The minimum atomic E-state index is -0.794. The van der Waals surface area contributed by atoms with Crippen LogP contribution in [0.15, 0.2) is 0 Å². The fourth-order valence-corrected chi connectivity index (χ4v) is 7.18. The average molecular weight is 839 g/mol. The van der Waals surface area contributed by atoms with Gasteiger partial charge in [0.25, 0.3) is 0 Å². The highest BCUT2D eigenvalue weighted by molar-refractivity contribution is 5.71. The van der Waals surface area contributed by atoms with E-state index in [-0.39, 0.29) is 50.3 Å². The van der Waals surface area contributed by atoms with Crippen molar-refractivity contribution in [3.05, 3.63) is 0 Å². The Morgan fingerprint density at radius 2 is 0.508 bits per heavy atom. The second-order valence-electron chi connectivity index (χ2n) is 17.0. The SMILES string of the molecule is CCCCCCCCCCCC(=O)OCC(COCC(COC(=O)CCCCCCCCC)OC(=O)CCCCCCCCC)OC(=O)CCCCCCCCCCC. The van der Waals surface area contributed by atoms with E-state index >= 15 is 0 Å². The van der Waals surface area contributed by atoms with Crippen molar-refractivity contribution in [2.75, 3.05) is 26.4 Å². The maximum Gasteiger partial charge on any atom is 0.306 e. The van der Waals surface area contributed by atoms with Crippen LogP contribution >= 0.6 is 0 Å². The maximum absolute atomic E-state index is 12.9. The zero-order valence-corrected chi connectivity index (χ0v) is 39.1. The van der Waals surface area contributed by atoms with Crippen molar-refractivity contribution in [1.29, 1.82) is 0 Å². The number of esters is 4. The number of carbonyl (C=O) groups excluding carboxylic acids is 4. The van der Waals surface area contributed by atoms with Crippen molar-refractivity contribution < 1.29 is 42.9 Å². The van der Waals surface area contributed by atoms with Crippen LogP contribution in [0.1, 0.15) is 259 Å². The van der Waals surface area contributed by atoms with Gasteiger partial charge in [-0.15, -0.1) is 0 Å². The third-order valence-electron chi connectivity index (χ3n) is 11.0. The largest absolute Gasteiger partial charge is 0.462 e. The number of hydrogen-bond acceptors (Lipinski definition) is 9. The van der Waals surface area contributed by atoms with Gasteiger partial charge in [0, 0.05) is 25.7 Å². The summed E-state index contributed by atoms with van der Waals surface area (Å²) < 4.78 is 28.7. The van der Waals surface area contributed by atoms with Crippen LogP contribution in [0.2, 0.25) is 0 Å². The summed E-state index contributed by atoms with van der Waals surface area (Å²) in [6.07, 6.45) is 35.9. The first kappa shape index (κ1) is 56.8. The molecule has 0 spiro atoms. The molecule has 2 atom stereocenters. The molecule has 0 aromatic carbocycles. The van der Waals surface area contributed by atoms with Crippen molar-refractivity contribution >= 4 is 23.9 Å². The predicted molar refractivity (Wildman–Crippen MR) is 241 cm³/mol. The van der Waals surface area contributed by atoms with Crippen molar-refractivity contribution in [2.45, 2.75) is 271 Å². The summed E-state index contributed by atoms with van der Waals surface area (Å²) in [6.45, 7) is 8.58. The molecular formula is C50H94O9. The van der Waals surface area contributed by atoms with Gasteiger partial charge < -0.3 is 23.7 Å². The van der Waals surface area contributed by atoms with Crippen LogP contribution in [0.5, 0.6) is 0 Å². The minimum absolute atomic E-state index is 0.0351. The molecule has 59 heavy (non-hydrogen) atoms. The highest BCUT2D eigenvalue weighted by Crippen LogP contribution is 2.15. The van der Waals surface area contributed by atoms with E-state index in [0.29, 0.717) is 25.7 Å². The number of unbranched alkanes of at least 4 members (excludes halogenated alkanes) is 28. The van der Waals surface area contributed by atoms with Gasteiger partial charge in [0.15, 0.2) is 12.2 Å². The lowest BCUT2D eigenvalue weighted by molar-refractivity contribution is -0.169. The molecule has 0 radical (unpaired) electrons. The molecule has 0 amide bonds. The van der Waals surface area contributed by atoms with Gasteiger partial charge in [-0.2, -0.15) is 0 Å². The second kappa shape index (κ2) is 45.4. The molecule has 348 valence electrons. The first-order valence-electron chi connectivity index (χ1n) is 25.1. The fourth-order valence-electron chi connectivity index (χ4n) is 7.18. The maximum atomic E-state index is 12.9. The number of hydrogen-bond donors (Lipinski definition) is 0. The van der Waals surface area contributed by atoms with Crippen LogP contribution in [0.4, 0.5) is 0 Å². The molecule has 2 unspecified atom stereocenters. The van der Waals surface area contributed by atoms with E-state index in [0.717, 1.165) is 77.0 Å². The van der Waals surface area contributed by atoms with Crippen molar-refractivity contribution in [3.8, 4) is 0 Å². The molecule has 0 N–H and O–H groups in total. The number of ether oxygens (including phenoxy) is 5. The summed E-state index contributed by atoms with van der Waals surface area (Å²) in [5, 5.41) is 0. The number of rotatable bonds is 46. The molecule has 0 saturated heterocycles. The molecule has 0 aliphatic rings. The van der Waals surface area contributed by atoms with E-state index in [1.54, 1.807) is 0 Å². The zero-order chi connectivity index (χ0) is 43.3. The Morgan fingerprint density at radius 1 is 0.288 bits per heavy atom. The zero-order valence-electron chi connectivity index (χ0n) is 39.1. The van der Waals surface area contributed by atoms with Gasteiger partial charge in [0.05, 0.1) is 13.2 Å². The van der Waals surface area contributed by atoms with Gasteiger partial charge in [-0.3, -0.25) is 19.2 Å². The summed E-state index contributed by atoms with van der Waals surface area (Å²) >= 11 is 0. The van der Waals surface area contributed by atoms with Crippen molar-refractivity contribution in [3.63, 3.8) is 0 Å². The van der Waals surface area contributed by atoms with Crippen LogP contribution in [0.3, 0.4) is 0 Å². The van der Waals surface area contributed by atoms with E-state index in [1.807, 2.05) is 0 Å². The van der Waals surface area contributed by atoms with Crippen LogP contribution in [0, 0.1) is 0 Å². The van der Waals surface area contributed by atoms with Gasteiger partial charge in [0.2, 0.25) is 0 Å². The third-order valence-corrected chi connectivity index (χ3v) is 11.0. The molecular weight excluding hydrogens is 745 g/mol. The molecule has 0 fully saturated rings. The van der Waals surface area contributed by atoms with Gasteiger partial charge in [-0.25, -0.2) is 0 Å². The Balaban J connectivity index is 5.13. The van der Waals surface area contributed by atoms with Crippen molar-refractivity contribution in [2.24, 2.45) is 0 Å². The Hall–Kier alpha value is -2.16. The molecule has 9 nitrogen and oxygen atoms in total. The summed E-state index contributed by atoms with van der Waals surface area (Å²) in [5.41, 5.74) is 0. The Morgan fingerprint density at radius 3 is 0.763 bits per heavy atom. The Labute approximate surface area is 363 Å². The normalized spacial score (nSPS) is 12.3. The van der Waals surface area contributed by atoms with E-state index in [2.05, 4.69) is 27.7 Å². The van der Waals surface area contributed by atoms with Gasteiger partial charge in [0.1, 0.15) is 13.2 Å². The van der Waals surface area contributed by atoms with E-state index in [1.165, 1.54) is 128 Å². The monoisotopic (exact) mass is 839 g/mol. The Bertz CT molecular complexity index is 955. The molecule has 9 heteroatoms. The fraction of sp³-hybridized carbons (Fsp3) is 0.920. The lowest BCUT2D eigenvalue weighted by Gasteiger charge is -2.21. The molecule has 0 aromatic heterocycles. The van der Waals surface area contributed by atoms with Crippen LogP contribution in [0.25, 0.3) is 0 Å². The topological polar surface area (TPSA) is 114 Å². The summed E-state index contributed by atoms with van der Waals surface area (Å²) in [5.74, 6) is -1.30. The highest BCUT2D eigenvalue weighted by Gasteiger charge is 2.22. The summed E-state index contributed by atoms with van der Waals surface area (Å²) in [4.78, 5) is 51.0. The number of carbonyl (C=O) groups is 4. The van der Waals surface area contributed by atoms with Gasteiger partial charge in [-0.05, 0) is 25.7 Å². The van der Waals surface area contributed by atoms with Crippen LogP contribution in [-0.2, 0) is 42.9 Å². The third kappa shape index (κ3) is 42.3. The molecule has 0 bridgehead atoms. The lowest BCUT2D eigenvalue weighted by atomic mass is 10.1. The first-order chi connectivity index (χ1) is 28.9. The average Bonchev–Trinajstić information content (AvgIpc) is 3.22. The van der Waals surface area contributed by atoms with E-state index < -0.39 is 12.2 Å². The van der Waals surface area contributed by atoms with Gasteiger partial charge >= 0.3 is 23.9 Å². The molecule has 0 aliphatic carbocycles. The first-order valence-corrected chi connectivity index (χ1v) is 25.1.